The Balaban J connectivity index is 2.18. The average molecular weight is 715 g/mol. The van der Waals surface area contributed by atoms with E-state index in [0.29, 0.717) is 34.9 Å². The summed E-state index contributed by atoms with van der Waals surface area (Å²) >= 11 is -2.95. The van der Waals surface area contributed by atoms with E-state index in [1.165, 1.54) is 73.7 Å². The number of carbonyl (C=O) groups is 2. The number of nitrogens with zero attached hydrogens (tertiary/aromatic N) is 1. The van der Waals surface area contributed by atoms with E-state index in [2.05, 4.69) is 65.0 Å². The standard InChI is InChI=1S/C28H26NO3.3C4H9.Sn/c1-20(2)22-18-16-21(17-19-22)10-9-15-26(28(31)32-3)29-25-14-8-7-13-24(25)27(30)23-11-5-4-6-12-23;3*1-3-4-2;/h4-9,11-14,16-20H,15H2,1-3H3;3*1,3-4H2,2H3;. The molecule has 0 unspecified atom stereocenters. The van der Waals surface area contributed by atoms with Gasteiger partial charge in [0.15, 0.2) is 0 Å². The van der Waals surface area contributed by atoms with E-state index >= 15 is 0 Å². The number of carbonyl (C=O) groups excluding carboxylic acids is 2. The molecule has 0 aliphatic rings. The summed E-state index contributed by atoms with van der Waals surface area (Å²) in [6.45, 7) is 11.4. The number of benzene rings is 3. The van der Waals surface area contributed by atoms with E-state index in [1.54, 1.807) is 18.2 Å². The Morgan fingerprint density at radius 1 is 0.756 bits per heavy atom. The summed E-state index contributed by atoms with van der Waals surface area (Å²) in [7, 11) is 1.40. The molecular weight excluding hydrogens is 661 g/mol. The van der Waals surface area contributed by atoms with Crippen LogP contribution >= 0.6 is 0 Å². The van der Waals surface area contributed by atoms with Gasteiger partial charge < -0.3 is 0 Å². The van der Waals surface area contributed by atoms with Crippen molar-refractivity contribution in [3.05, 3.63) is 107 Å². The Morgan fingerprint density at radius 3 is 1.84 bits per heavy atom. The fourth-order valence-electron chi connectivity index (χ4n) is 6.16. The van der Waals surface area contributed by atoms with Gasteiger partial charge in [0.1, 0.15) is 0 Å². The van der Waals surface area contributed by atoms with Gasteiger partial charge in [0.25, 0.3) is 0 Å². The van der Waals surface area contributed by atoms with E-state index < -0.39 is 24.3 Å². The van der Waals surface area contributed by atoms with Crippen LogP contribution in [0.4, 0.5) is 5.69 Å². The monoisotopic (exact) mass is 715 g/mol. The van der Waals surface area contributed by atoms with Gasteiger partial charge >= 0.3 is 278 Å². The number of esters is 1. The third-order valence-corrected chi connectivity index (χ3v) is 24.7. The number of rotatable bonds is 18. The molecule has 0 spiro atoms. The summed E-state index contributed by atoms with van der Waals surface area (Å²) in [6.07, 6.45) is 10.0. The van der Waals surface area contributed by atoms with E-state index in [4.69, 9.17) is 9.73 Å². The van der Waals surface area contributed by atoms with Crippen LogP contribution in [0.5, 0.6) is 0 Å². The van der Waals surface area contributed by atoms with Crippen LogP contribution in [0.2, 0.25) is 13.3 Å². The van der Waals surface area contributed by atoms with Crippen LogP contribution in [0.15, 0.2) is 89.9 Å². The number of unbranched alkanes of at least 4 members (excludes halogenated alkanes) is 3. The minimum atomic E-state index is -2.95. The maximum absolute atomic E-state index is 13.5. The zero-order chi connectivity index (χ0) is 32.7. The Kier molecular flexibility index (Phi) is 15.3. The van der Waals surface area contributed by atoms with Crippen LogP contribution < -0.4 is 0 Å². The topological polar surface area (TPSA) is 55.7 Å². The number of methoxy groups -OCH3 is 1. The Hall–Kier alpha value is -2.99. The molecule has 4 nitrogen and oxygen atoms in total. The molecule has 0 aromatic heterocycles. The zero-order valence-corrected chi connectivity index (χ0v) is 31.3. The fourth-order valence-corrected chi connectivity index (χ4v) is 23.2. The second kappa shape index (κ2) is 18.9. The number of aliphatic imine (C=N–C) groups is 1. The summed E-state index contributed by atoms with van der Waals surface area (Å²) in [5.74, 6) is -0.106. The number of ketones is 1. The Bertz CT molecular complexity index is 1400. The van der Waals surface area contributed by atoms with Crippen LogP contribution in [0, 0.1) is 0 Å². The normalized spacial score (nSPS) is 12.4. The molecule has 0 saturated carbocycles. The van der Waals surface area contributed by atoms with Crippen LogP contribution in [0.3, 0.4) is 0 Å². The van der Waals surface area contributed by atoms with Crippen molar-refractivity contribution in [2.45, 2.75) is 98.8 Å². The summed E-state index contributed by atoms with van der Waals surface area (Å²) in [6, 6.07) is 25.7. The molecule has 0 atom stereocenters. The number of allylic oxidation sites excluding steroid dienone is 1. The molecule has 3 aromatic rings. The molecule has 0 heterocycles. The van der Waals surface area contributed by atoms with Gasteiger partial charge in [-0.05, 0) is 0 Å². The number of hydrogen-bond donors (Lipinski definition) is 0. The summed E-state index contributed by atoms with van der Waals surface area (Å²) in [5, 5.41) is 0. The third-order valence-electron chi connectivity index (χ3n) is 8.85. The van der Waals surface area contributed by atoms with Crippen LogP contribution in [0.1, 0.15) is 113 Å². The van der Waals surface area contributed by atoms with Crippen molar-refractivity contribution in [2.75, 3.05) is 7.11 Å². The molecule has 0 aliphatic carbocycles. The van der Waals surface area contributed by atoms with Gasteiger partial charge in [-0.3, -0.25) is 0 Å². The maximum atomic E-state index is 13.5. The Labute approximate surface area is 276 Å². The molecule has 0 N–H and O–H groups in total. The predicted molar refractivity (Wildman–Crippen MR) is 193 cm³/mol. The number of para-hydroxylation sites is 1. The molecule has 3 aromatic carbocycles. The molecule has 240 valence electrons. The Morgan fingerprint density at radius 2 is 1.31 bits per heavy atom. The molecule has 0 saturated heterocycles. The summed E-state index contributed by atoms with van der Waals surface area (Å²) in [5.41, 5.74) is 4.52. The molecule has 5 heteroatoms. The van der Waals surface area contributed by atoms with Gasteiger partial charge in [0, 0.05) is 0 Å². The summed E-state index contributed by atoms with van der Waals surface area (Å²) < 4.78 is 10.7. The van der Waals surface area contributed by atoms with E-state index in [9.17, 15) is 9.59 Å². The minimum absolute atomic E-state index is 0.116. The molecule has 0 aliphatic heterocycles. The molecule has 0 bridgehead atoms. The van der Waals surface area contributed by atoms with Crippen molar-refractivity contribution < 1.29 is 14.3 Å². The molecular formula is C40H53NO3Sn. The first-order valence-electron chi connectivity index (χ1n) is 17.0. The van der Waals surface area contributed by atoms with Crippen molar-refractivity contribution in [2.24, 2.45) is 4.99 Å². The van der Waals surface area contributed by atoms with E-state index in [1.807, 2.05) is 36.4 Å². The van der Waals surface area contributed by atoms with Crippen molar-refractivity contribution in [1.82, 2.24) is 0 Å². The first-order chi connectivity index (χ1) is 21.8. The van der Waals surface area contributed by atoms with Crippen LogP contribution in [-0.2, 0) is 9.53 Å². The van der Waals surface area contributed by atoms with Crippen molar-refractivity contribution in [3.63, 3.8) is 0 Å². The first-order valence-corrected chi connectivity index (χ1v) is 24.4. The van der Waals surface area contributed by atoms with Crippen molar-refractivity contribution in [3.8, 4) is 0 Å². The molecule has 0 amide bonds. The molecule has 0 fully saturated rings. The second-order valence-corrected chi connectivity index (χ2v) is 25.6. The molecule has 45 heavy (non-hydrogen) atoms. The quantitative estimate of drug-likeness (QED) is 0.0570. The molecule has 0 radical (unpaired) electrons. The van der Waals surface area contributed by atoms with Gasteiger partial charge in [-0.2, -0.15) is 0 Å². The van der Waals surface area contributed by atoms with E-state index in [-0.39, 0.29) is 5.78 Å². The van der Waals surface area contributed by atoms with Gasteiger partial charge in [-0.15, -0.1) is 0 Å². The average Bonchev–Trinajstić information content (AvgIpc) is 3.08. The molecule has 3 rings (SSSR count). The third kappa shape index (κ3) is 10.3. The zero-order valence-electron chi connectivity index (χ0n) is 28.4. The van der Waals surface area contributed by atoms with E-state index in [0.717, 1.165) is 0 Å². The van der Waals surface area contributed by atoms with Gasteiger partial charge in [0.2, 0.25) is 0 Å². The number of hydrogen-bond acceptors (Lipinski definition) is 4. The van der Waals surface area contributed by atoms with Crippen LogP contribution in [0.25, 0.3) is 3.59 Å². The van der Waals surface area contributed by atoms with Gasteiger partial charge in [-0.25, -0.2) is 0 Å². The van der Waals surface area contributed by atoms with Gasteiger partial charge in [0.05, 0.1) is 0 Å². The van der Waals surface area contributed by atoms with Gasteiger partial charge in [-0.1, -0.05) is 0 Å². The fraction of sp³-hybridized carbons (Fsp3) is 0.425. The van der Waals surface area contributed by atoms with Crippen molar-refractivity contribution in [1.29, 1.82) is 0 Å². The predicted octanol–water partition coefficient (Wildman–Crippen LogP) is 11.1. The SMILES string of the molecule is CCC[CH2][Sn]([CH2]CCC)([CH2]CCC)[C](=CCC(=Nc1ccccc1C(=O)c1ccccc1)C(=O)OC)c1ccc(C(C)C)cc1. The second-order valence-electron chi connectivity index (χ2n) is 12.5. The summed E-state index contributed by atoms with van der Waals surface area (Å²) in [4.78, 5) is 31.6. The number of ether oxygens (including phenoxy) is 1. The first kappa shape index (κ1) is 36.5. The van der Waals surface area contributed by atoms with Crippen LogP contribution in [-0.4, -0.2) is 43.0 Å². The van der Waals surface area contributed by atoms with Crippen molar-refractivity contribution >= 4 is 45.1 Å².